The van der Waals surface area contributed by atoms with E-state index in [1.54, 1.807) is 6.92 Å². The SMILES string of the molecule is CCOC(=O)c1nnn(CC(O)COC)c1C(C)(C)C. The predicted molar refractivity (Wildman–Crippen MR) is 72.6 cm³/mol. The third kappa shape index (κ3) is 4.01. The smallest absolute Gasteiger partial charge is 0.360 e. The van der Waals surface area contributed by atoms with Crippen molar-refractivity contribution in [3.63, 3.8) is 0 Å². The monoisotopic (exact) mass is 285 g/mol. The number of aliphatic hydroxyl groups excluding tert-OH is 1. The standard InChI is InChI=1S/C13H23N3O4/c1-6-20-12(18)10-11(13(2,3)4)16(15-14-10)7-9(17)8-19-5/h9,17H,6-8H2,1-5H3. The minimum atomic E-state index is -0.710. The highest BCUT2D eigenvalue weighted by Gasteiger charge is 2.30. The Labute approximate surface area is 118 Å². The van der Waals surface area contributed by atoms with Gasteiger partial charge in [0.25, 0.3) is 0 Å². The molecule has 20 heavy (non-hydrogen) atoms. The average molecular weight is 285 g/mol. The zero-order valence-electron chi connectivity index (χ0n) is 12.7. The third-order valence-corrected chi connectivity index (χ3v) is 2.66. The van der Waals surface area contributed by atoms with E-state index in [0.717, 1.165) is 0 Å². The molecule has 1 aromatic heterocycles. The van der Waals surface area contributed by atoms with Crippen molar-refractivity contribution in [1.82, 2.24) is 15.0 Å². The van der Waals surface area contributed by atoms with Gasteiger partial charge in [0.1, 0.15) is 0 Å². The summed E-state index contributed by atoms with van der Waals surface area (Å²) in [4.78, 5) is 11.9. The number of nitrogens with zero attached hydrogens (tertiary/aromatic N) is 3. The second-order valence-electron chi connectivity index (χ2n) is 5.55. The molecule has 0 aliphatic rings. The second kappa shape index (κ2) is 6.81. The van der Waals surface area contributed by atoms with Gasteiger partial charge >= 0.3 is 5.97 Å². The Bertz CT molecular complexity index is 451. The molecule has 7 heteroatoms. The lowest BCUT2D eigenvalue weighted by Crippen LogP contribution is -2.28. The van der Waals surface area contributed by atoms with Crippen molar-refractivity contribution in [3.8, 4) is 0 Å². The second-order valence-corrected chi connectivity index (χ2v) is 5.55. The minimum absolute atomic E-state index is 0.193. The molecule has 1 unspecified atom stereocenters. The first-order valence-electron chi connectivity index (χ1n) is 6.59. The lowest BCUT2D eigenvalue weighted by Gasteiger charge is -2.21. The first kappa shape index (κ1) is 16.6. The summed E-state index contributed by atoms with van der Waals surface area (Å²) in [5.41, 5.74) is 0.494. The van der Waals surface area contributed by atoms with E-state index in [1.807, 2.05) is 20.8 Å². The lowest BCUT2D eigenvalue weighted by molar-refractivity contribution is 0.0490. The molecule has 1 heterocycles. The van der Waals surface area contributed by atoms with Gasteiger partial charge in [-0.1, -0.05) is 26.0 Å². The van der Waals surface area contributed by atoms with Gasteiger partial charge in [0, 0.05) is 12.5 Å². The van der Waals surface area contributed by atoms with E-state index < -0.39 is 12.1 Å². The Kier molecular flexibility index (Phi) is 5.64. The van der Waals surface area contributed by atoms with Crippen molar-refractivity contribution in [3.05, 3.63) is 11.4 Å². The maximum Gasteiger partial charge on any atom is 0.360 e. The maximum atomic E-state index is 11.9. The fourth-order valence-electron chi connectivity index (χ4n) is 1.96. The molecule has 0 aromatic carbocycles. The maximum absolute atomic E-state index is 11.9. The van der Waals surface area contributed by atoms with Gasteiger partial charge in [-0.05, 0) is 6.92 Å². The van der Waals surface area contributed by atoms with E-state index in [4.69, 9.17) is 9.47 Å². The molecule has 0 saturated carbocycles. The first-order chi connectivity index (χ1) is 9.31. The van der Waals surface area contributed by atoms with Crippen LogP contribution in [0, 0.1) is 0 Å². The van der Waals surface area contributed by atoms with Gasteiger partial charge in [0.05, 0.1) is 31.6 Å². The van der Waals surface area contributed by atoms with Crippen molar-refractivity contribution in [1.29, 1.82) is 0 Å². The quantitative estimate of drug-likeness (QED) is 0.777. The molecule has 7 nitrogen and oxygen atoms in total. The molecule has 0 bridgehead atoms. The Morgan fingerprint density at radius 2 is 2.10 bits per heavy atom. The van der Waals surface area contributed by atoms with E-state index in [9.17, 15) is 9.90 Å². The number of esters is 1. The van der Waals surface area contributed by atoms with Crippen molar-refractivity contribution in [2.75, 3.05) is 20.3 Å². The number of aromatic nitrogens is 3. The van der Waals surface area contributed by atoms with Gasteiger partial charge < -0.3 is 14.6 Å². The van der Waals surface area contributed by atoms with Gasteiger partial charge in [-0.3, -0.25) is 0 Å². The van der Waals surface area contributed by atoms with Crippen molar-refractivity contribution >= 4 is 5.97 Å². The van der Waals surface area contributed by atoms with E-state index in [2.05, 4.69) is 10.3 Å². The van der Waals surface area contributed by atoms with Crippen LogP contribution in [0.1, 0.15) is 43.9 Å². The van der Waals surface area contributed by atoms with Gasteiger partial charge in [-0.15, -0.1) is 5.10 Å². The number of methoxy groups -OCH3 is 1. The van der Waals surface area contributed by atoms with Crippen LogP contribution in [0.25, 0.3) is 0 Å². The molecule has 0 fully saturated rings. The predicted octanol–water partition coefficient (Wildman–Crippen LogP) is 0.760. The Hall–Kier alpha value is -1.47. The largest absolute Gasteiger partial charge is 0.461 e. The van der Waals surface area contributed by atoms with Crippen LogP contribution in [0.5, 0.6) is 0 Å². The summed E-state index contributed by atoms with van der Waals surface area (Å²) < 4.78 is 11.4. The first-order valence-corrected chi connectivity index (χ1v) is 6.59. The molecule has 1 atom stereocenters. The third-order valence-electron chi connectivity index (χ3n) is 2.66. The number of rotatable bonds is 6. The fourth-order valence-corrected chi connectivity index (χ4v) is 1.96. The minimum Gasteiger partial charge on any atom is -0.461 e. The summed E-state index contributed by atoms with van der Waals surface area (Å²) in [6.07, 6.45) is -0.710. The molecule has 1 N–H and O–H groups in total. The molecule has 114 valence electrons. The molecule has 0 spiro atoms. The number of hydrogen-bond donors (Lipinski definition) is 1. The molecule has 1 aromatic rings. The summed E-state index contributed by atoms with van der Waals surface area (Å²) in [6, 6.07) is 0. The van der Waals surface area contributed by atoms with E-state index >= 15 is 0 Å². The van der Waals surface area contributed by atoms with Gasteiger partial charge in [0.2, 0.25) is 0 Å². The molecule has 1 rings (SSSR count). The number of hydrogen-bond acceptors (Lipinski definition) is 6. The van der Waals surface area contributed by atoms with Crippen LogP contribution < -0.4 is 0 Å². The van der Waals surface area contributed by atoms with Gasteiger partial charge in [-0.25, -0.2) is 9.48 Å². The summed E-state index contributed by atoms with van der Waals surface area (Å²) in [6.45, 7) is 8.28. The van der Waals surface area contributed by atoms with Crippen LogP contribution in [-0.2, 0) is 21.4 Å². The van der Waals surface area contributed by atoms with Gasteiger partial charge in [0.15, 0.2) is 5.69 Å². The molecular formula is C13H23N3O4. The molecule has 0 radical (unpaired) electrons. The molecular weight excluding hydrogens is 262 g/mol. The summed E-state index contributed by atoms with van der Waals surface area (Å²) in [7, 11) is 1.51. The fraction of sp³-hybridized carbons (Fsp3) is 0.769. The Morgan fingerprint density at radius 3 is 2.60 bits per heavy atom. The number of ether oxygens (including phenoxy) is 2. The summed E-state index contributed by atoms with van der Waals surface area (Å²) in [5, 5.41) is 17.7. The van der Waals surface area contributed by atoms with Crippen LogP contribution in [0.3, 0.4) is 0 Å². The Balaban J connectivity index is 3.10. The van der Waals surface area contributed by atoms with Crippen LogP contribution >= 0.6 is 0 Å². The summed E-state index contributed by atoms with van der Waals surface area (Å²) >= 11 is 0. The van der Waals surface area contributed by atoms with Crippen LogP contribution in [0.15, 0.2) is 0 Å². The Morgan fingerprint density at radius 1 is 1.45 bits per heavy atom. The average Bonchev–Trinajstić information content (AvgIpc) is 2.73. The van der Waals surface area contributed by atoms with Crippen molar-refractivity contribution < 1.29 is 19.4 Å². The van der Waals surface area contributed by atoms with Crippen LogP contribution in [0.2, 0.25) is 0 Å². The van der Waals surface area contributed by atoms with E-state index in [1.165, 1.54) is 11.8 Å². The highest BCUT2D eigenvalue weighted by Crippen LogP contribution is 2.25. The van der Waals surface area contributed by atoms with Crippen molar-refractivity contribution in [2.24, 2.45) is 0 Å². The number of aliphatic hydroxyl groups is 1. The normalized spacial score (nSPS) is 13.3. The van der Waals surface area contributed by atoms with Crippen molar-refractivity contribution in [2.45, 2.75) is 45.8 Å². The number of carbonyl (C=O) groups is 1. The highest BCUT2D eigenvalue weighted by molar-refractivity contribution is 5.88. The topological polar surface area (TPSA) is 86.5 Å². The van der Waals surface area contributed by atoms with Crippen LogP contribution in [0.4, 0.5) is 0 Å². The molecule has 0 aliphatic heterocycles. The highest BCUT2D eigenvalue weighted by atomic mass is 16.5. The molecule has 0 amide bonds. The molecule has 0 aliphatic carbocycles. The summed E-state index contributed by atoms with van der Waals surface area (Å²) in [5.74, 6) is -0.495. The zero-order valence-corrected chi connectivity index (χ0v) is 12.7. The zero-order chi connectivity index (χ0) is 15.3. The molecule has 0 saturated heterocycles. The van der Waals surface area contributed by atoms with E-state index in [0.29, 0.717) is 5.69 Å². The lowest BCUT2D eigenvalue weighted by atomic mass is 9.90. The van der Waals surface area contributed by atoms with Crippen LogP contribution in [-0.4, -0.2) is 52.5 Å². The van der Waals surface area contributed by atoms with Gasteiger partial charge in [-0.2, -0.15) is 0 Å². The number of carbonyl (C=O) groups excluding carboxylic acids is 1. The van der Waals surface area contributed by atoms with E-state index in [-0.39, 0.29) is 30.9 Å².